The Bertz CT molecular complexity index is 211. The molecule has 0 bridgehead atoms. The molecule has 0 saturated heterocycles. The van der Waals surface area contributed by atoms with Gasteiger partial charge < -0.3 is 10.2 Å². The number of thioether (sulfide) groups is 1. The molecule has 1 heterocycles. The average molecular weight is 218 g/mol. The Morgan fingerprint density at radius 3 is 2.92 bits per heavy atom. The molecule has 0 radical (unpaired) electrons. The van der Waals surface area contributed by atoms with Crippen molar-refractivity contribution in [2.45, 2.75) is 12.5 Å². The van der Waals surface area contributed by atoms with Crippen molar-refractivity contribution in [3.8, 4) is 0 Å². The summed E-state index contributed by atoms with van der Waals surface area (Å²) in [6.45, 7) is 0.222. The fourth-order valence-corrected chi connectivity index (χ4v) is 2.45. The van der Waals surface area contributed by atoms with E-state index in [9.17, 15) is 5.11 Å². The molecule has 1 aromatic rings. The van der Waals surface area contributed by atoms with E-state index in [2.05, 4.69) is 0 Å². The van der Waals surface area contributed by atoms with Gasteiger partial charge in [-0.1, -0.05) is 6.07 Å². The van der Waals surface area contributed by atoms with E-state index in [0.29, 0.717) is 0 Å². The first-order valence-electron chi connectivity index (χ1n) is 4.24. The van der Waals surface area contributed by atoms with Crippen LogP contribution in [0.15, 0.2) is 17.5 Å². The number of thiophene rings is 1. The summed E-state index contributed by atoms with van der Waals surface area (Å²) in [5, 5.41) is 20.1. The third-order valence-corrected chi connectivity index (χ3v) is 3.61. The number of rotatable bonds is 6. The molecule has 0 aliphatic carbocycles. The van der Waals surface area contributed by atoms with Gasteiger partial charge in [0.15, 0.2) is 0 Å². The molecular weight excluding hydrogens is 204 g/mol. The lowest BCUT2D eigenvalue weighted by Crippen LogP contribution is -1.97. The first-order chi connectivity index (χ1) is 6.34. The molecule has 0 fully saturated rings. The minimum Gasteiger partial charge on any atom is -0.396 e. The van der Waals surface area contributed by atoms with Gasteiger partial charge in [0, 0.05) is 10.6 Å². The van der Waals surface area contributed by atoms with Crippen LogP contribution < -0.4 is 0 Å². The van der Waals surface area contributed by atoms with Gasteiger partial charge in [-0.3, -0.25) is 0 Å². The van der Waals surface area contributed by atoms with E-state index in [1.54, 1.807) is 23.1 Å². The average Bonchev–Trinajstić information content (AvgIpc) is 2.65. The van der Waals surface area contributed by atoms with E-state index in [0.717, 1.165) is 22.8 Å². The monoisotopic (exact) mass is 218 g/mol. The number of hydrogen-bond acceptors (Lipinski definition) is 4. The Morgan fingerprint density at radius 2 is 2.31 bits per heavy atom. The maximum atomic E-state index is 9.64. The Kier molecular flexibility index (Phi) is 5.46. The van der Waals surface area contributed by atoms with E-state index in [1.807, 2.05) is 17.5 Å². The van der Waals surface area contributed by atoms with Crippen molar-refractivity contribution in [1.29, 1.82) is 0 Å². The maximum absolute atomic E-state index is 9.64. The fourth-order valence-electron chi connectivity index (χ4n) is 0.985. The molecule has 1 rings (SSSR count). The zero-order valence-corrected chi connectivity index (χ0v) is 8.98. The highest BCUT2D eigenvalue weighted by atomic mass is 32.2. The van der Waals surface area contributed by atoms with Crippen molar-refractivity contribution in [2.75, 3.05) is 18.1 Å². The van der Waals surface area contributed by atoms with Gasteiger partial charge in [-0.05, 0) is 23.6 Å². The third-order valence-electron chi connectivity index (χ3n) is 1.64. The van der Waals surface area contributed by atoms with Crippen LogP contribution in [0.5, 0.6) is 0 Å². The molecule has 0 spiro atoms. The summed E-state index contributed by atoms with van der Waals surface area (Å²) in [7, 11) is 0. The van der Waals surface area contributed by atoms with E-state index in [-0.39, 0.29) is 12.7 Å². The Balaban J connectivity index is 2.15. The van der Waals surface area contributed by atoms with Crippen molar-refractivity contribution in [1.82, 2.24) is 0 Å². The lowest BCUT2D eigenvalue weighted by Gasteiger charge is -2.06. The van der Waals surface area contributed by atoms with Crippen LogP contribution in [0.2, 0.25) is 0 Å². The Hall–Kier alpha value is -0.0300. The van der Waals surface area contributed by atoms with Crippen molar-refractivity contribution in [2.24, 2.45) is 0 Å². The van der Waals surface area contributed by atoms with Crippen LogP contribution in [0.3, 0.4) is 0 Å². The molecule has 4 heteroatoms. The lowest BCUT2D eigenvalue weighted by molar-refractivity contribution is 0.179. The molecule has 74 valence electrons. The number of hydrogen-bond donors (Lipinski definition) is 2. The van der Waals surface area contributed by atoms with Crippen LogP contribution in [-0.4, -0.2) is 28.3 Å². The predicted octanol–water partition coefficient (Wildman–Crippen LogP) is 1.90. The Labute approximate surface area is 86.6 Å². The van der Waals surface area contributed by atoms with E-state index in [1.165, 1.54) is 0 Å². The summed E-state index contributed by atoms with van der Waals surface area (Å²) in [6.07, 6.45) is 0.441. The van der Waals surface area contributed by atoms with Gasteiger partial charge in [0.25, 0.3) is 0 Å². The quantitative estimate of drug-likeness (QED) is 0.716. The fraction of sp³-hybridized carbons (Fsp3) is 0.556. The summed E-state index contributed by atoms with van der Waals surface area (Å²) >= 11 is 3.26. The summed E-state index contributed by atoms with van der Waals surface area (Å²) in [4.78, 5) is 1.03. The zero-order chi connectivity index (χ0) is 9.52. The second-order valence-corrected chi connectivity index (χ2v) is 4.86. The van der Waals surface area contributed by atoms with E-state index >= 15 is 0 Å². The van der Waals surface area contributed by atoms with Gasteiger partial charge in [0.05, 0.1) is 12.7 Å². The molecule has 2 nitrogen and oxygen atoms in total. The molecule has 2 N–H and O–H groups in total. The zero-order valence-electron chi connectivity index (χ0n) is 7.35. The van der Waals surface area contributed by atoms with Crippen LogP contribution >= 0.6 is 23.1 Å². The number of aliphatic hydroxyl groups excluding tert-OH is 2. The van der Waals surface area contributed by atoms with Gasteiger partial charge >= 0.3 is 0 Å². The van der Waals surface area contributed by atoms with Crippen molar-refractivity contribution in [3.05, 3.63) is 22.4 Å². The number of aliphatic hydroxyl groups is 2. The van der Waals surface area contributed by atoms with Crippen molar-refractivity contribution in [3.63, 3.8) is 0 Å². The van der Waals surface area contributed by atoms with Gasteiger partial charge in [-0.15, -0.1) is 11.3 Å². The molecule has 0 aromatic carbocycles. The first-order valence-corrected chi connectivity index (χ1v) is 6.28. The molecule has 13 heavy (non-hydrogen) atoms. The smallest absolute Gasteiger partial charge is 0.0889 e. The minimum atomic E-state index is -0.328. The summed E-state index contributed by atoms with van der Waals surface area (Å²) in [6, 6.07) is 3.90. The van der Waals surface area contributed by atoms with Crippen molar-refractivity contribution < 1.29 is 10.2 Å². The van der Waals surface area contributed by atoms with E-state index in [4.69, 9.17) is 5.11 Å². The third kappa shape index (κ3) is 4.13. The normalized spacial score (nSPS) is 13.1. The molecule has 0 unspecified atom stereocenters. The molecule has 0 saturated carbocycles. The molecule has 0 aliphatic heterocycles. The first kappa shape index (κ1) is 11.0. The minimum absolute atomic E-state index is 0.222. The summed E-state index contributed by atoms with van der Waals surface area (Å²) in [5.74, 6) is 1.66. The highest BCUT2D eigenvalue weighted by Gasteiger charge is 2.07. The maximum Gasteiger partial charge on any atom is 0.0889 e. The lowest BCUT2D eigenvalue weighted by atomic mass is 10.2. The highest BCUT2D eigenvalue weighted by Crippen LogP contribution is 2.22. The SMILES string of the molecule is OCCSCC[C@H](O)c1cccs1. The molecule has 0 aliphatic rings. The largest absolute Gasteiger partial charge is 0.396 e. The molecule has 1 atom stereocenters. The van der Waals surface area contributed by atoms with Crippen molar-refractivity contribution >= 4 is 23.1 Å². The van der Waals surface area contributed by atoms with Crippen LogP contribution in [0.1, 0.15) is 17.4 Å². The van der Waals surface area contributed by atoms with Gasteiger partial charge in [-0.25, -0.2) is 0 Å². The van der Waals surface area contributed by atoms with Gasteiger partial charge in [-0.2, -0.15) is 11.8 Å². The standard InChI is InChI=1S/C9H14O2S2/c10-4-7-12-6-3-8(11)9-2-1-5-13-9/h1-2,5,8,10-11H,3-4,6-7H2/t8-/m0/s1. The molecule has 1 aromatic heterocycles. The highest BCUT2D eigenvalue weighted by molar-refractivity contribution is 7.99. The predicted molar refractivity (Wildman–Crippen MR) is 58.3 cm³/mol. The van der Waals surface area contributed by atoms with Gasteiger partial charge in [0.1, 0.15) is 0 Å². The second kappa shape index (κ2) is 6.43. The van der Waals surface area contributed by atoms with Crippen LogP contribution in [-0.2, 0) is 0 Å². The van der Waals surface area contributed by atoms with Crippen LogP contribution in [0.4, 0.5) is 0 Å². The Morgan fingerprint density at radius 1 is 1.46 bits per heavy atom. The second-order valence-electron chi connectivity index (χ2n) is 2.66. The molecular formula is C9H14O2S2. The van der Waals surface area contributed by atoms with Crippen LogP contribution in [0.25, 0.3) is 0 Å². The summed E-state index contributed by atoms with van der Waals surface area (Å²) in [5.41, 5.74) is 0. The van der Waals surface area contributed by atoms with Crippen LogP contribution in [0, 0.1) is 0 Å². The topological polar surface area (TPSA) is 40.5 Å². The van der Waals surface area contributed by atoms with E-state index < -0.39 is 0 Å². The van der Waals surface area contributed by atoms with Gasteiger partial charge in [0.2, 0.25) is 0 Å². The summed E-state index contributed by atoms with van der Waals surface area (Å²) < 4.78 is 0. The molecule has 0 amide bonds.